The van der Waals surface area contributed by atoms with Gasteiger partial charge in [-0.25, -0.2) is 0 Å². The number of nitrogens with two attached hydrogens (primary N) is 1. The molecule has 1 aromatic rings. The van der Waals surface area contributed by atoms with Crippen LogP contribution in [0.5, 0.6) is 5.88 Å². The Morgan fingerprint density at radius 1 is 1.42 bits per heavy atom. The van der Waals surface area contributed by atoms with Crippen molar-refractivity contribution < 1.29 is 4.74 Å². The Hall–Kier alpha value is -1.52. The van der Waals surface area contributed by atoms with E-state index in [1.54, 1.807) is 0 Å². The summed E-state index contributed by atoms with van der Waals surface area (Å²) < 4.78 is 5.96. The Bertz CT molecular complexity index is 410. The van der Waals surface area contributed by atoms with Gasteiger partial charge in [-0.1, -0.05) is 20.3 Å². The maximum atomic E-state index is 5.96. The molecule has 1 fully saturated rings. The normalized spacial score (nSPS) is 23.1. The van der Waals surface area contributed by atoms with Crippen LogP contribution >= 0.6 is 0 Å². The van der Waals surface area contributed by atoms with Crippen molar-refractivity contribution >= 4 is 11.8 Å². The molecule has 1 aliphatic carbocycles. The molecule has 106 valence electrons. The lowest BCUT2D eigenvalue weighted by atomic mass is 9.89. The van der Waals surface area contributed by atoms with Crippen LogP contribution in [0.3, 0.4) is 0 Å². The number of anilines is 2. The van der Waals surface area contributed by atoms with Crippen molar-refractivity contribution in [1.29, 1.82) is 0 Å². The maximum Gasteiger partial charge on any atom is 0.225 e. The van der Waals surface area contributed by atoms with Crippen LogP contribution in [-0.2, 0) is 0 Å². The quantitative estimate of drug-likeness (QED) is 0.855. The summed E-state index contributed by atoms with van der Waals surface area (Å²) in [6.07, 6.45) is 6.04. The molecule has 2 unspecified atom stereocenters. The van der Waals surface area contributed by atoms with E-state index in [4.69, 9.17) is 10.5 Å². The molecule has 0 spiro atoms. The largest absolute Gasteiger partial charge is 0.474 e. The number of hydrogen-bond donors (Lipinski definition) is 2. The fourth-order valence-corrected chi connectivity index (χ4v) is 2.50. The number of nitrogens with zero attached hydrogens (tertiary/aromatic N) is 2. The molecule has 0 amide bonds. The number of nitrogen functional groups attached to an aromatic ring is 1. The summed E-state index contributed by atoms with van der Waals surface area (Å²) in [5.41, 5.74) is 5.72. The number of nitrogens with one attached hydrogen (secondary N) is 1. The highest BCUT2D eigenvalue weighted by molar-refractivity contribution is 5.42. The first kappa shape index (κ1) is 13.9. The van der Waals surface area contributed by atoms with E-state index in [0.29, 0.717) is 5.88 Å². The Balaban J connectivity index is 2.00. The molecule has 0 aliphatic heterocycles. The van der Waals surface area contributed by atoms with Gasteiger partial charge in [-0.15, -0.1) is 0 Å². The van der Waals surface area contributed by atoms with Gasteiger partial charge < -0.3 is 15.8 Å². The molecule has 19 heavy (non-hydrogen) atoms. The van der Waals surface area contributed by atoms with Gasteiger partial charge in [-0.05, 0) is 31.6 Å². The predicted molar refractivity (Wildman–Crippen MR) is 77.3 cm³/mol. The third kappa shape index (κ3) is 4.26. The molecule has 5 nitrogen and oxygen atoms in total. The fraction of sp³-hybridized carbons (Fsp3) is 0.714. The number of ether oxygens (including phenoxy) is 1. The van der Waals surface area contributed by atoms with E-state index in [0.717, 1.165) is 37.5 Å². The third-order valence-electron chi connectivity index (χ3n) is 3.45. The van der Waals surface area contributed by atoms with Crippen LogP contribution in [0.4, 0.5) is 11.8 Å². The number of rotatable bonds is 5. The molecule has 0 saturated heterocycles. The highest BCUT2D eigenvalue weighted by Crippen LogP contribution is 2.27. The predicted octanol–water partition coefficient (Wildman–Crippen LogP) is 2.84. The zero-order valence-electron chi connectivity index (χ0n) is 11.9. The highest BCUT2D eigenvalue weighted by Gasteiger charge is 2.21. The van der Waals surface area contributed by atoms with Gasteiger partial charge in [0.25, 0.3) is 0 Å². The van der Waals surface area contributed by atoms with Gasteiger partial charge in [0.2, 0.25) is 11.8 Å². The molecule has 1 aliphatic rings. The molecule has 3 N–H and O–H groups in total. The summed E-state index contributed by atoms with van der Waals surface area (Å²) in [4.78, 5) is 8.32. The zero-order chi connectivity index (χ0) is 13.7. The SMILES string of the molecule is CCCNc1cc(OC2CCCC(C)C2)nc(N)n1. The van der Waals surface area contributed by atoms with Crippen LogP contribution in [0.2, 0.25) is 0 Å². The van der Waals surface area contributed by atoms with E-state index in [9.17, 15) is 0 Å². The minimum atomic E-state index is 0.261. The average molecular weight is 264 g/mol. The molecule has 1 heterocycles. The fourth-order valence-electron chi connectivity index (χ4n) is 2.50. The summed E-state index contributed by atoms with van der Waals surface area (Å²) >= 11 is 0. The van der Waals surface area contributed by atoms with Gasteiger partial charge in [-0.2, -0.15) is 9.97 Å². The van der Waals surface area contributed by atoms with E-state index in [1.165, 1.54) is 12.8 Å². The minimum Gasteiger partial charge on any atom is -0.474 e. The van der Waals surface area contributed by atoms with Crippen LogP contribution in [0.25, 0.3) is 0 Å². The van der Waals surface area contributed by atoms with Crippen molar-refractivity contribution in [1.82, 2.24) is 9.97 Å². The standard InChI is InChI=1S/C14H24N4O/c1-3-7-16-12-9-13(18-14(15)17-12)19-11-6-4-5-10(2)8-11/h9-11H,3-8H2,1-2H3,(H3,15,16,17,18). The monoisotopic (exact) mass is 264 g/mol. The highest BCUT2D eigenvalue weighted by atomic mass is 16.5. The van der Waals surface area contributed by atoms with E-state index < -0.39 is 0 Å². The molecule has 1 aromatic heterocycles. The second-order valence-electron chi connectivity index (χ2n) is 5.39. The van der Waals surface area contributed by atoms with Gasteiger partial charge in [0, 0.05) is 12.6 Å². The molecule has 2 rings (SSSR count). The van der Waals surface area contributed by atoms with E-state index in [2.05, 4.69) is 29.1 Å². The Kier molecular flexibility index (Phi) is 4.82. The first-order chi connectivity index (χ1) is 9.17. The first-order valence-electron chi connectivity index (χ1n) is 7.22. The Morgan fingerprint density at radius 2 is 2.26 bits per heavy atom. The lowest BCUT2D eigenvalue weighted by Crippen LogP contribution is -2.24. The molecule has 2 atom stereocenters. The van der Waals surface area contributed by atoms with E-state index in [-0.39, 0.29) is 12.1 Å². The van der Waals surface area contributed by atoms with Gasteiger partial charge in [0.05, 0.1) is 0 Å². The van der Waals surface area contributed by atoms with Gasteiger partial charge >= 0.3 is 0 Å². The minimum absolute atomic E-state index is 0.261. The van der Waals surface area contributed by atoms with Crippen LogP contribution in [-0.4, -0.2) is 22.6 Å². The van der Waals surface area contributed by atoms with Gasteiger partial charge in [0.15, 0.2) is 0 Å². The molecular weight excluding hydrogens is 240 g/mol. The topological polar surface area (TPSA) is 73.1 Å². The summed E-state index contributed by atoms with van der Waals surface area (Å²) in [5.74, 6) is 2.33. The average Bonchev–Trinajstić information content (AvgIpc) is 2.35. The smallest absolute Gasteiger partial charge is 0.225 e. The summed E-state index contributed by atoms with van der Waals surface area (Å²) in [6.45, 7) is 5.26. The number of hydrogen-bond acceptors (Lipinski definition) is 5. The van der Waals surface area contributed by atoms with Gasteiger partial charge in [-0.3, -0.25) is 0 Å². The molecule has 5 heteroatoms. The summed E-state index contributed by atoms with van der Waals surface area (Å²) in [5, 5.41) is 3.21. The molecule has 0 radical (unpaired) electrons. The molecule has 1 saturated carbocycles. The van der Waals surface area contributed by atoms with Crippen molar-refractivity contribution in [2.24, 2.45) is 5.92 Å². The maximum absolute atomic E-state index is 5.96. The third-order valence-corrected chi connectivity index (χ3v) is 3.45. The molecular formula is C14H24N4O. The van der Waals surface area contributed by atoms with Crippen LogP contribution in [0.15, 0.2) is 6.07 Å². The van der Waals surface area contributed by atoms with E-state index in [1.807, 2.05) is 6.07 Å². The van der Waals surface area contributed by atoms with Crippen molar-refractivity contribution in [3.63, 3.8) is 0 Å². The Labute approximate surface area is 115 Å². The van der Waals surface area contributed by atoms with Gasteiger partial charge in [0.1, 0.15) is 11.9 Å². The number of aromatic nitrogens is 2. The van der Waals surface area contributed by atoms with Crippen LogP contribution in [0, 0.1) is 5.92 Å². The van der Waals surface area contributed by atoms with E-state index >= 15 is 0 Å². The van der Waals surface area contributed by atoms with Crippen molar-refractivity contribution in [2.45, 2.75) is 52.1 Å². The lowest BCUT2D eigenvalue weighted by Gasteiger charge is -2.27. The summed E-state index contributed by atoms with van der Waals surface area (Å²) in [7, 11) is 0. The second kappa shape index (κ2) is 6.59. The molecule has 0 bridgehead atoms. The van der Waals surface area contributed by atoms with Crippen molar-refractivity contribution in [2.75, 3.05) is 17.6 Å². The summed E-state index contributed by atoms with van der Waals surface area (Å²) in [6, 6.07) is 1.84. The van der Waals surface area contributed by atoms with Crippen LogP contribution in [0.1, 0.15) is 46.0 Å². The molecule has 0 aromatic carbocycles. The zero-order valence-corrected chi connectivity index (χ0v) is 11.9. The second-order valence-corrected chi connectivity index (χ2v) is 5.39. The lowest BCUT2D eigenvalue weighted by molar-refractivity contribution is 0.124. The van der Waals surface area contributed by atoms with Crippen LogP contribution < -0.4 is 15.8 Å². The first-order valence-corrected chi connectivity index (χ1v) is 7.22. The Morgan fingerprint density at radius 3 is 3.00 bits per heavy atom. The van der Waals surface area contributed by atoms with Crippen molar-refractivity contribution in [3.8, 4) is 5.88 Å². The van der Waals surface area contributed by atoms with Crippen molar-refractivity contribution in [3.05, 3.63) is 6.07 Å².